The van der Waals surface area contributed by atoms with Crippen LogP contribution in [0.1, 0.15) is 89.9 Å². The first-order valence-corrected chi connectivity index (χ1v) is 12.5. The van der Waals surface area contributed by atoms with Crippen LogP contribution in [0.25, 0.3) is 0 Å². The van der Waals surface area contributed by atoms with Crippen LogP contribution in [0.2, 0.25) is 0 Å². The molecule has 2 aliphatic heterocycles. The summed E-state index contributed by atoms with van der Waals surface area (Å²) in [7, 11) is -1.37. The standard InChI is InChI=1S/C20H35OP/c1-17-13-15-20(21-17)14-8-16-22(20,18-9-4-2-5-10-18)19-11-6-3-7-12-19/h18-19,22H,1-16H2. The van der Waals surface area contributed by atoms with Crippen LogP contribution in [-0.2, 0) is 4.74 Å². The van der Waals surface area contributed by atoms with Gasteiger partial charge in [-0.15, -0.1) is 0 Å². The van der Waals surface area contributed by atoms with Crippen molar-refractivity contribution >= 4 is 7.26 Å². The molecule has 1 unspecified atom stereocenters. The first-order valence-electron chi connectivity index (χ1n) is 10.1. The molecule has 22 heavy (non-hydrogen) atoms. The van der Waals surface area contributed by atoms with Crippen molar-refractivity contribution < 1.29 is 4.74 Å². The average Bonchev–Trinajstić information content (AvgIpc) is 3.14. The zero-order valence-electron chi connectivity index (χ0n) is 14.4. The summed E-state index contributed by atoms with van der Waals surface area (Å²) >= 11 is 0. The van der Waals surface area contributed by atoms with Gasteiger partial charge in [0, 0.05) is 0 Å². The molecule has 2 saturated heterocycles. The van der Waals surface area contributed by atoms with E-state index in [1.54, 1.807) is 31.8 Å². The fourth-order valence-corrected chi connectivity index (χ4v) is 15.7. The summed E-state index contributed by atoms with van der Waals surface area (Å²) in [6.07, 6.45) is 22.1. The van der Waals surface area contributed by atoms with Crippen LogP contribution in [0.4, 0.5) is 0 Å². The molecule has 0 bridgehead atoms. The maximum atomic E-state index is 6.70. The van der Waals surface area contributed by atoms with E-state index in [0.29, 0.717) is 5.34 Å². The van der Waals surface area contributed by atoms with Gasteiger partial charge in [-0.2, -0.15) is 0 Å². The number of ether oxygens (including phenoxy) is 1. The van der Waals surface area contributed by atoms with Crippen molar-refractivity contribution in [2.24, 2.45) is 0 Å². The molecule has 1 nitrogen and oxygen atoms in total. The van der Waals surface area contributed by atoms with Gasteiger partial charge in [0.2, 0.25) is 0 Å². The molecule has 1 atom stereocenters. The van der Waals surface area contributed by atoms with E-state index in [1.807, 2.05) is 0 Å². The maximum absolute atomic E-state index is 6.70. The van der Waals surface area contributed by atoms with Crippen molar-refractivity contribution in [2.45, 2.75) is 107 Å². The van der Waals surface area contributed by atoms with Gasteiger partial charge in [-0.3, -0.25) is 0 Å². The summed E-state index contributed by atoms with van der Waals surface area (Å²) < 4.78 is 6.70. The van der Waals surface area contributed by atoms with Crippen molar-refractivity contribution in [1.82, 2.24) is 0 Å². The van der Waals surface area contributed by atoms with Gasteiger partial charge < -0.3 is 0 Å². The zero-order chi connectivity index (χ0) is 15.0. The van der Waals surface area contributed by atoms with Gasteiger partial charge in [0.05, 0.1) is 0 Å². The topological polar surface area (TPSA) is 9.23 Å². The Morgan fingerprint density at radius 2 is 1.41 bits per heavy atom. The number of hydrogen-bond acceptors (Lipinski definition) is 1. The van der Waals surface area contributed by atoms with Crippen LogP contribution in [0.15, 0.2) is 12.3 Å². The van der Waals surface area contributed by atoms with E-state index in [4.69, 9.17) is 4.74 Å². The molecule has 2 saturated carbocycles. The van der Waals surface area contributed by atoms with E-state index in [0.717, 1.165) is 23.5 Å². The number of allylic oxidation sites excluding steroid dienone is 1. The van der Waals surface area contributed by atoms with E-state index < -0.39 is 7.26 Å². The van der Waals surface area contributed by atoms with E-state index >= 15 is 0 Å². The molecular formula is C20H35OP. The van der Waals surface area contributed by atoms with Crippen molar-refractivity contribution in [3.05, 3.63) is 12.3 Å². The van der Waals surface area contributed by atoms with Crippen LogP contribution < -0.4 is 0 Å². The molecule has 2 heterocycles. The Labute approximate surface area is 137 Å². The summed E-state index contributed by atoms with van der Waals surface area (Å²) in [6.45, 7) is 4.23. The molecular weight excluding hydrogens is 287 g/mol. The van der Waals surface area contributed by atoms with Crippen LogP contribution in [0.5, 0.6) is 0 Å². The van der Waals surface area contributed by atoms with Gasteiger partial charge in [-0.05, 0) is 0 Å². The molecule has 0 N–H and O–H groups in total. The van der Waals surface area contributed by atoms with Crippen LogP contribution in [0.3, 0.4) is 0 Å². The van der Waals surface area contributed by atoms with Crippen LogP contribution in [0, 0.1) is 0 Å². The van der Waals surface area contributed by atoms with E-state index in [9.17, 15) is 0 Å². The quantitative estimate of drug-likeness (QED) is 0.549. The molecule has 0 radical (unpaired) electrons. The molecule has 0 amide bonds. The van der Waals surface area contributed by atoms with Gasteiger partial charge in [-0.1, -0.05) is 0 Å². The van der Waals surface area contributed by atoms with Crippen LogP contribution in [-0.4, -0.2) is 22.8 Å². The predicted octanol–water partition coefficient (Wildman–Crippen LogP) is 6.22. The minimum absolute atomic E-state index is 0.327. The first kappa shape index (κ1) is 15.5. The van der Waals surface area contributed by atoms with Crippen molar-refractivity contribution in [2.75, 3.05) is 6.16 Å². The molecule has 0 aromatic heterocycles. The normalized spacial score (nSPS) is 38.3. The molecule has 4 rings (SSSR count). The molecule has 0 aromatic carbocycles. The summed E-state index contributed by atoms with van der Waals surface area (Å²) in [5, 5.41) is 0.327. The van der Waals surface area contributed by atoms with Crippen molar-refractivity contribution in [3.8, 4) is 0 Å². The summed E-state index contributed by atoms with van der Waals surface area (Å²) in [5.41, 5.74) is 2.16. The summed E-state index contributed by atoms with van der Waals surface area (Å²) in [4.78, 5) is 0. The number of rotatable bonds is 2. The molecule has 4 aliphatic rings. The van der Waals surface area contributed by atoms with Gasteiger partial charge in [0.1, 0.15) is 0 Å². The molecule has 1 spiro atoms. The van der Waals surface area contributed by atoms with Crippen molar-refractivity contribution in [1.29, 1.82) is 0 Å². The third-order valence-electron chi connectivity index (χ3n) is 7.83. The monoisotopic (exact) mass is 322 g/mol. The molecule has 2 heteroatoms. The Kier molecular flexibility index (Phi) is 4.31. The SMILES string of the molecule is C=C1CCC2(CCC[PH]2(C2CCCCC2)C2CCCCC2)O1. The second-order valence-corrected chi connectivity index (χ2v) is 13.8. The van der Waals surface area contributed by atoms with Crippen molar-refractivity contribution in [3.63, 3.8) is 0 Å². The fraction of sp³-hybridized carbons (Fsp3) is 0.900. The van der Waals surface area contributed by atoms with Gasteiger partial charge in [-0.25, -0.2) is 0 Å². The first-order chi connectivity index (χ1) is 10.8. The Morgan fingerprint density at radius 3 is 1.91 bits per heavy atom. The van der Waals surface area contributed by atoms with Crippen LogP contribution >= 0.6 is 7.26 Å². The van der Waals surface area contributed by atoms with Gasteiger partial charge in [0.25, 0.3) is 0 Å². The Bertz CT molecular complexity index is 401. The van der Waals surface area contributed by atoms with E-state index in [1.165, 1.54) is 57.8 Å². The second-order valence-electron chi connectivity index (χ2n) is 8.70. The molecule has 126 valence electrons. The Morgan fingerprint density at radius 1 is 0.818 bits per heavy atom. The van der Waals surface area contributed by atoms with E-state index in [-0.39, 0.29) is 0 Å². The molecule has 4 fully saturated rings. The zero-order valence-corrected chi connectivity index (χ0v) is 15.4. The third kappa shape index (κ3) is 2.29. The summed E-state index contributed by atoms with van der Waals surface area (Å²) in [6, 6.07) is 0. The van der Waals surface area contributed by atoms with Gasteiger partial charge >= 0.3 is 137 Å². The Hall–Kier alpha value is -0.0300. The predicted molar refractivity (Wildman–Crippen MR) is 98.4 cm³/mol. The number of hydrogen-bond donors (Lipinski definition) is 0. The van der Waals surface area contributed by atoms with Gasteiger partial charge in [0.15, 0.2) is 0 Å². The fourth-order valence-electron chi connectivity index (χ4n) is 7.07. The third-order valence-corrected chi connectivity index (χ3v) is 15.4. The van der Waals surface area contributed by atoms with E-state index in [2.05, 4.69) is 6.58 Å². The minimum atomic E-state index is -1.37. The average molecular weight is 322 g/mol. The molecule has 2 aliphatic carbocycles. The second kappa shape index (κ2) is 6.12. The summed E-state index contributed by atoms with van der Waals surface area (Å²) in [5.74, 6) is 1.13. The Balaban J connectivity index is 1.71. The molecule has 0 aromatic rings.